The van der Waals surface area contributed by atoms with Crippen LogP contribution in [0.3, 0.4) is 0 Å². The monoisotopic (exact) mass is 711 g/mol. The van der Waals surface area contributed by atoms with Crippen LogP contribution in [0.5, 0.6) is 0 Å². The standard InChI is InChI=1S/C33H54ClN7O8/c1-8-19(6)27-32(47)41-24(13-20(34)15-35-41)31(46)40-25(14-21(42)16-36-40)29(44)38(7)23(12-17(2)3)30(45)39-11-9-10-22(39)28(43)37-26(18(4)5)33(48)49-27/h17-27,35-36,42H,8-16H2,1-7H3,(H,37,43). The zero-order chi connectivity index (χ0) is 36.3. The van der Waals surface area contributed by atoms with Gasteiger partial charge in [0.2, 0.25) is 17.7 Å². The third-order valence-electron chi connectivity index (χ3n) is 10.1. The minimum absolute atomic E-state index is 0.0168. The lowest BCUT2D eigenvalue weighted by molar-refractivity contribution is -0.175. The first-order chi connectivity index (χ1) is 23.1. The Morgan fingerprint density at radius 1 is 0.878 bits per heavy atom. The normalized spacial score (nSPS) is 33.5. The van der Waals surface area contributed by atoms with Gasteiger partial charge in [-0.15, -0.1) is 11.6 Å². The topological polar surface area (TPSA) is 181 Å². The molecule has 0 aromatic carbocycles. The molecule has 4 rings (SSSR count). The largest absolute Gasteiger partial charge is 0.450 e. The smallest absolute Gasteiger partial charge is 0.329 e. The molecule has 5 amide bonds. The number of carbonyl (C=O) groups excluding carboxylic acids is 6. The van der Waals surface area contributed by atoms with E-state index in [2.05, 4.69) is 16.2 Å². The van der Waals surface area contributed by atoms with Crippen molar-refractivity contribution in [3.05, 3.63) is 0 Å². The zero-order valence-electron chi connectivity index (χ0n) is 29.7. The molecule has 0 aliphatic carbocycles. The number of alkyl halides is 1. The highest BCUT2D eigenvalue weighted by Gasteiger charge is 2.49. The van der Waals surface area contributed by atoms with Gasteiger partial charge in [0, 0.05) is 39.0 Å². The lowest BCUT2D eigenvalue weighted by Gasteiger charge is -2.45. The van der Waals surface area contributed by atoms with E-state index in [-0.39, 0.29) is 44.8 Å². The maximum absolute atomic E-state index is 14.4. The van der Waals surface area contributed by atoms with Crippen LogP contribution in [0.25, 0.3) is 0 Å². The maximum Gasteiger partial charge on any atom is 0.329 e. The number of amides is 5. The Bertz CT molecular complexity index is 1270. The number of nitrogens with one attached hydrogen (secondary N) is 3. The number of likely N-dealkylation sites (N-methyl/N-ethyl adjacent to an activating group) is 1. The molecule has 4 aliphatic heterocycles. The number of hydrogen-bond acceptors (Lipinski definition) is 10. The number of rotatable bonds is 5. The molecule has 4 fully saturated rings. The Balaban J connectivity index is 1.84. The van der Waals surface area contributed by atoms with Crippen molar-refractivity contribution in [2.24, 2.45) is 17.8 Å². The predicted octanol–water partition coefficient (Wildman–Crippen LogP) is 0.142. The van der Waals surface area contributed by atoms with E-state index in [1.54, 1.807) is 20.8 Å². The van der Waals surface area contributed by atoms with E-state index in [4.69, 9.17) is 16.3 Å². The van der Waals surface area contributed by atoms with Gasteiger partial charge in [-0.25, -0.2) is 15.6 Å². The minimum atomic E-state index is -1.31. The lowest BCUT2D eigenvalue weighted by Crippen LogP contribution is -2.70. The predicted molar refractivity (Wildman–Crippen MR) is 179 cm³/mol. The summed E-state index contributed by atoms with van der Waals surface area (Å²) >= 11 is 6.52. The molecule has 0 spiro atoms. The summed E-state index contributed by atoms with van der Waals surface area (Å²) in [7, 11) is 1.49. The van der Waals surface area contributed by atoms with Crippen LogP contribution in [-0.4, -0.2) is 135 Å². The van der Waals surface area contributed by atoms with Gasteiger partial charge in [-0.1, -0.05) is 41.5 Å². The molecule has 49 heavy (non-hydrogen) atoms. The van der Waals surface area contributed by atoms with E-state index in [1.807, 2.05) is 20.8 Å². The van der Waals surface area contributed by atoms with E-state index in [0.717, 1.165) is 10.0 Å². The van der Waals surface area contributed by atoms with Crippen LogP contribution >= 0.6 is 11.6 Å². The number of aliphatic hydroxyl groups is 1. The van der Waals surface area contributed by atoms with E-state index in [0.29, 0.717) is 19.3 Å². The van der Waals surface area contributed by atoms with Crippen LogP contribution in [-0.2, 0) is 33.5 Å². The highest BCUT2D eigenvalue weighted by atomic mass is 35.5. The number of nitrogens with zero attached hydrogens (tertiary/aromatic N) is 4. The summed E-state index contributed by atoms with van der Waals surface area (Å²) in [5.41, 5.74) is 5.82. The first-order valence-corrected chi connectivity index (χ1v) is 18.0. The number of esters is 1. The van der Waals surface area contributed by atoms with Crippen LogP contribution < -0.4 is 16.2 Å². The number of ether oxygens (including phenoxy) is 1. The molecular weight excluding hydrogens is 658 g/mol. The Morgan fingerprint density at radius 2 is 1.51 bits per heavy atom. The van der Waals surface area contributed by atoms with Crippen molar-refractivity contribution in [1.29, 1.82) is 0 Å². The summed E-state index contributed by atoms with van der Waals surface area (Å²) in [6.45, 7) is 11.3. The van der Waals surface area contributed by atoms with Gasteiger partial charge in [0.1, 0.15) is 30.2 Å². The number of carbonyl (C=O) groups is 6. The molecule has 15 nitrogen and oxygen atoms in total. The molecule has 16 heteroatoms. The van der Waals surface area contributed by atoms with Crippen molar-refractivity contribution in [2.75, 3.05) is 26.7 Å². The first kappa shape index (κ1) is 38.8. The lowest BCUT2D eigenvalue weighted by atomic mass is 9.96. The summed E-state index contributed by atoms with van der Waals surface area (Å²) in [4.78, 5) is 87.7. The molecule has 4 saturated heterocycles. The first-order valence-electron chi connectivity index (χ1n) is 17.6. The molecule has 0 saturated carbocycles. The van der Waals surface area contributed by atoms with Crippen LogP contribution in [0.4, 0.5) is 0 Å². The number of fused-ring (bicyclic) bond motifs is 3. The van der Waals surface area contributed by atoms with Crippen molar-refractivity contribution in [3.8, 4) is 0 Å². The highest BCUT2D eigenvalue weighted by molar-refractivity contribution is 6.21. The third-order valence-corrected chi connectivity index (χ3v) is 10.5. The Labute approximate surface area is 293 Å². The van der Waals surface area contributed by atoms with E-state index < -0.39 is 95.1 Å². The van der Waals surface area contributed by atoms with Gasteiger partial charge in [-0.2, -0.15) is 0 Å². The van der Waals surface area contributed by atoms with Crippen LogP contribution in [0.1, 0.15) is 80.1 Å². The second-order valence-corrected chi connectivity index (χ2v) is 15.3. The molecule has 0 aromatic rings. The Hall–Kier alpha value is -3.01. The number of hydrogen-bond donors (Lipinski definition) is 4. The van der Waals surface area contributed by atoms with Gasteiger partial charge in [0.15, 0.2) is 6.10 Å². The summed E-state index contributed by atoms with van der Waals surface area (Å²) in [5, 5.41) is 15.2. The van der Waals surface area contributed by atoms with Crippen LogP contribution in [0.2, 0.25) is 0 Å². The van der Waals surface area contributed by atoms with Crippen molar-refractivity contribution >= 4 is 47.1 Å². The van der Waals surface area contributed by atoms with Gasteiger partial charge < -0.3 is 25.0 Å². The maximum atomic E-state index is 14.4. The Morgan fingerprint density at radius 3 is 2.14 bits per heavy atom. The minimum Gasteiger partial charge on any atom is -0.450 e. The fourth-order valence-electron chi connectivity index (χ4n) is 7.01. The fourth-order valence-corrected chi connectivity index (χ4v) is 7.24. The van der Waals surface area contributed by atoms with Gasteiger partial charge in [0.05, 0.1) is 11.5 Å². The number of halogens is 1. The molecule has 276 valence electrons. The van der Waals surface area contributed by atoms with Gasteiger partial charge in [0.25, 0.3) is 11.8 Å². The van der Waals surface area contributed by atoms with Crippen molar-refractivity contribution < 1.29 is 38.6 Å². The average Bonchev–Trinajstić information content (AvgIpc) is 3.56. The molecule has 4 heterocycles. The number of hydrazine groups is 2. The fraction of sp³-hybridized carbons (Fsp3) is 0.818. The second kappa shape index (κ2) is 16.3. The number of cyclic esters (lactones) is 1. The molecule has 0 radical (unpaired) electrons. The molecule has 0 bridgehead atoms. The molecule has 4 aliphatic rings. The van der Waals surface area contributed by atoms with Crippen molar-refractivity contribution in [1.82, 2.24) is 36.0 Å². The van der Waals surface area contributed by atoms with Gasteiger partial charge >= 0.3 is 5.97 Å². The SMILES string of the molecule is CCC(C)C1OC(=O)C(C(C)C)NC(=O)C2CCCN2C(=O)C(CC(C)C)N(C)C(=O)C2CC(O)CNN2C(=O)C2CC(Cl)CNN2C1=O. The van der Waals surface area contributed by atoms with Crippen LogP contribution in [0, 0.1) is 17.8 Å². The number of aliphatic hydroxyl groups excluding tert-OH is 1. The molecule has 9 atom stereocenters. The van der Waals surface area contributed by atoms with Crippen LogP contribution in [0.15, 0.2) is 0 Å². The van der Waals surface area contributed by atoms with Gasteiger partial charge in [-0.3, -0.25) is 34.0 Å². The van der Waals surface area contributed by atoms with E-state index in [9.17, 15) is 33.9 Å². The molecule has 0 aromatic heterocycles. The summed E-state index contributed by atoms with van der Waals surface area (Å²) in [6.07, 6.45) is -0.714. The second-order valence-electron chi connectivity index (χ2n) is 14.7. The summed E-state index contributed by atoms with van der Waals surface area (Å²) in [5.74, 6) is -4.52. The highest BCUT2D eigenvalue weighted by Crippen LogP contribution is 2.28. The Kier molecular flexibility index (Phi) is 12.9. The molecule has 4 N–H and O–H groups in total. The summed E-state index contributed by atoms with van der Waals surface area (Å²) in [6, 6.07) is -5.40. The van der Waals surface area contributed by atoms with Crippen molar-refractivity contribution in [2.45, 2.75) is 128 Å². The zero-order valence-corrected chi connectivity index (χ0v) is 30.4. The van der Waals surface area contributed by atoms with Crippen molar-refractivity contribution in [3.63, 3.8) is 0 Å². The number of β-amino-alcohol motifs (C(OH)–C–C–N with tert-alkyl or cyclic N) is 1. The van der Waals surface area contributed by atoms with E-state index >= 15 is 0 Å². The molecular formula is C33H54ClN7O8. The third kappa shape index (κ3) is 8.49. The van der Waals surface area contributed by atoms with E-state index in [1.165, 1.54) is 16.8 Å². The average molecular weight is 712 g/mol. The quantitative estimate of drug-likeness (QED) is 0.226. The van der Waals surface area contributed by atoms with Gasteiger partial charge in [-0.05, 0) is 43.9 Å². The molecule has 9 unspecified atom stereocenters. The summed E-state index contributed by atoms with van der Waals surface area (Å²) < 4.78 is 5.91.